The topological polar surface area (TPSA) is 71.0 Å². The van der Waals surface area contributed by atoms with Crippen molar-refractivity contribution in [2.75, 3.05) is 11.9 Å². The van der Waals surface area contributed by atoms with Gasteiger partial charge in [-0.1, -0.05) is 33.8 Å². The first-order chi connectivity index (χ1) is 16.2. The highest BCUT2D eigenvalue weighted by Gasteiger charge is 2.26. The van der Waals surface area contributed by atoms with Crippen LogP contribution >= 0.6 is 0 Å². The predicted molar refractivity (Wildman–Crippen MR) is 143 cm³/mol. The summed E-state index contributed by atoms with van der Waals surface area (Å²) < 4.78 is 2.25. The molecule has 1 saturated carbocycles. The molecule has 1 aliphatic heterocycles. The van der Waals surface area contributed by atoms with Crippen LogP contribution in [0, 0.1) is 5.92 Å². The van der Waals surface area contributed by atoms with Crippen molar-refractivity contribution in [2.24, 2.45) is 5.92 Å². The molecule has 2 aromatic rings. The Kier molecular flexibility index (Phi) is 7.39. The molecule has 6 nitrogen and oxygen atoms in total. The molecule has 0 spiro atoms. The van der Waals surface area contributed by atoms with Crippen molar-refractivity contribution >= 4 is 25.3 Å². The molecule has 1 aliphatic carbocycles. The second-order valence-electron chi connectivity index (χ2n) is 11.3. The van der Waals surface area contributed by atoms with Crippen molar-refractivity contribution < 1.29 is 4.79 Å². The summed E-state index contributed by atoms with van der Waals surface area (Å²) in [6.07, 6.45) is 10.6. The van der Waals surface area contributed by atoms with Gasteiger partial charge < -0.3 is 16.0 Å². The molecule has 2 heterocycles. The number of allylic oxidation sites excluding steroid dienone is 1. The molecule has 7 heteroatoms. The van der Waals surface area contributed by atoms with Crippen LogP contribution in [0.2, 0.25) is 0 Å². The number of hydrogen-bond acceptors (Lipinski definition) is 4. The van der Waals surface area contributed by atoms with Crippen LogP contribution in [0.25, 0.3) is 5.82 Å². The van der Waals surface area contributed by atoms with E-state index in [0.29, 0.717) is 12.0 Å². The maximum atomic E-state index is 12.8. The van der Waals surface area contributed by atoms with Gasteiger partial charge in [0.05, 0.1) is 5.69 Å². The first kappa shape index (κ1) is 24.4. The van der Waals surface area contributed by atoms with Crippen molar-refractivity contribution in [3.8, 4) is 0 Å². The maximum absolute atomic E-state index is 12.8. The summed E-state index contributed by atoms with van der Waals surface area (Å²) >= 11 is 0. The zero-order valence-corrected chi connectivity index (χ0v) is 21.4. The van der Waals surface area contributed by atoms with Gasteiger partial charge in [0.25, 0.3) is 5.91 Å². The van der Waals surface area contributed by atoms with E-state index in [1.807, 2.05) is 24.3 Å². The summed E-state index contributed by atoms with van der Waals surface area (Å²) in [5.41, 5.74) is 2.87. The molecule has 2 aliphatic rings. The van der Waals surface area contributed by atoms with Crippen LogP contribution in [0.4, 0.5) is 5.69 Å². The van der Waals surface area contributed by atoms with E-state index in [0.717, 1.165) is 67.8 Å². The Balaban J connectivity index is 1.29. The summed E-state index contributed by atoms with van der Waals surface area (Å²) in [5, 5.41) is 10.5. The number of amides is 1. The van der Waals surface area contributed by atoms with Crippen LogP contribution in [-0.2, 0) is 11.7 Å². The van der Waals surface area contributed by atoms with Gasteiger partial charge in [-0.2, -0.15) is 0 Å². The number of imidazole rings is 1. The van der Waals surface area contributed by atoms with Gasteiger partial charge in [0.2, 0.25) is 0 Å². The highest BCUT2D eigenvalue weighted by molar-refractivity contribution is 6.15. The van der Waals surface area contributed by atoms with E-state index in [9.17, 15) is 4.79 Å². The second-order valence-corrected chi connectivity index (χ2v) is 11.3. The van der Waals surface area contributed by atoms with Crippen molar-refractivity contribution in [3.05, 3.63) is 53.6 Å². The summed E-state index contributed by atoms with van der Waals surface area (Å²) in [5.74, 6) is 2.91. The smallest absolute Gasteiger partial charge is 0.251 e. The Hall–Kier alpha value is -2.70. The van der Waals surface area contributed by atoms with E-state index in [2.05, 4.69) is 68.3 Å². The highest BCUT2D eigenvalue weighted by Crippen LogP contribution is 2.26. The number of benzene rings is 1. The number of aromatic nitrogens is 2. The molecule has 0 saturated heterocycles. The Bertz CT molecular complexity index is 1030. The molecule has 0 radical (unpaired) electrons. The Morgan fingerprint density at radius 3 is 2.65 bits per heavy atom. The molecule has 0 unspecified atom stereocenters. The number of nitrogens with zero attached hydrogens (tertiary/aromatic N) is 2. The average molecular weight is 461 g/mol. The van der Waals surface area contributed by atoms with Gasteiger partial charge in [-0.25, -0.2) is 4.98 Å². The predicted octanol–water partition coefficient (Wildman–Crippen LogP) is 3.89. The first-order valence-corrected chi connectivity index (χ1v) is 12.9. The number of carbonyl (C=O) groups excluding carboxylic acids is 1. The van der Waals surface area contributed by atoms with Crippen LogP contribution in [0.1, 0.15) is 81.7 Å². The number of nitrogens with one attached hydrogen (secondary N) is 3. The van der Waals surface area contributed by atoms with Crippen LogP contribution in [0.5, 0.6) is 0 Å². The number of carbonyl (C=O) groups is 1. The van der Waals surface area contributed by atoms with E-state index < -0.39 is 0 Å². The third-order valence-electron chi connectivity index (χ3n) is 6.77. The zero-order valence-electron chi connectivity index (χ0n) is 21.4. The quantitative estimate of drug-likeness (QED) is 0.522. The fourth-order valence-electron chi connectivity index (χ4n) is 4.68. The highest BCUT2D eigenvalue weighted by atomic mass is 16.1. The fourth-order valence-corrected chi connectivity index (χ4v) is 4.68. The third-order valence-corrected chi connectivity index (χ3v) is 6.77. The van der Waals surface area contributed by atoms with Crippen molar-refractivity contribution in [1.29, 1.82) is 0 Å². The molecule has 1 aromatic carbocycles. The lowest BCUT2D eigenvalue weighted by atomic mass is 9.70. The van der Waals surface area contributed by atoms with Crippen LogP contribution in [-0.4, -0.2) is 41.9 Å². The monoisotopic (exact) mass is 461 g/mol. The Morgan fingerprint density at radius 1 is 1.21 bits per heavy atom. The number of aryl methyl sites for hydroxylation is 1. The summed E-state index contributed by atoms with van der Waals surface area (Å²) in [6, 6.07) is 8.48. The molecule has 0 atom stereocenters. The number of anilines is 1. The van der Waals surface area contributed by atoms with Crippen LogP contribution in [0.3, 0.4) is 0 Å². The minimum atomic E-state index is 0.0253. The molecular formula is C27H40BN5O. The number of rotatable bonds is 8. The lowest BCUT2D eigenvalue weighted by Gasteiger charge is -2.32. The summed E-state index contributed by atoms with van der Waals surface area (Å²) in [7, 11) is 2.21. The maximum Gasteiger partial charge on any atom is 0.251 e. The van der Waals surface area contributed by atoms with E-state index in [-0.39, 0.29) is 17.3 Å². The van der Waals surface area contributed by atoms with Crippen LogP contribution in [0.15, 0.2) is 36.5 Å². The molecule has 182 valence electrons. The minimum absolute atomic E-state index is 0.0253. The zero-order chi connectivity index (χ0) is 24.3. The molecule has 1 aromatic heterocycles. The molecule has 1 amide bonds. The van der Waals surface area contributed by atoms with Crippen molar-refractivity contribution in [1.82, 2.24) is 20.2 Å². The van der Waals surface area contributed by atoms with Gasteiger partial charge in [-0.3, -0.25) is 9.36 Å². The van der Waals surface area contributed by atoms with Gasteiger partial charge >= 0.3 is 0 Å². The van der Waals surface area contributed by atoms with E-state index in [1.165, 1.54) is 5.82 Å². The molecule has 0 bridgehead atoms. The Labute approximate surface area is 205 Å². The van der Waals surface area contributed by atoms with E-state index in [1.54, 1.807) is 0 Å². The van der Waals surface area contributed by atoms with Gasteiger partial charge in [0.1, 0.15) is 19.5 Å². The molecular weight excluding hydrogens is 421 g/mol. The summed E-state index contributed by atoms with van der Waals surface area (Å²) in [4.78, 5) is 17.7. The summed E-state index contributed by atoms with van der Waals surface area (Å²) in [6.45, 7) is 9.68. The van der Waals surface area contributed by atoms with E-state index in [4.69, 9.17) is 4.98 Å². The lowest BCUT2D eigenvalue weighted by Crippen LogP contribution is -2.42. The fraction of sp³-hybridized carbons (Fsp3) is 0.556. The standard InChI is InChI=1S/C27H40BN5O/c1-18(2)16-29-22-8-5-7-19(15-22)26(34)31-21-13-11-20(12-14-21)30-24-9-6-10-25-32-23(17-33(24)25)27(3,4)28/h5,7-9,15,17-18,20-21,29-30H,6,10-14,16,28H2,1-4H3,(H,31,34). The van der Waals surface area contributed by atoms with Gasteiger partial charge in [-0.05, 0) is 67.6 Å². The lowest BCUT2D eigenvalue weighted by molar-refractivity contribution is 0.0925. The molecule has 34 heavy (non-hydrogen) atoms. The normalized spacial score (nSPS) is 20.4. The third kappa shape index (κ3) is 6.05. The van der Waals surface area contributed by atoms with Crippen molar-refractivity contribution in [2.45, 2.75) is 83.6 Å². The first-order valence-electron chi connectivity index (χ1n) is 12.9. The molecule has 3 N–H and O–H groups in total. The number of hydrogen-bond donors (Lipinski definition) is 3. The van der Waals surface area contributed by atoms with Crippen molar-refractivity contribution in [3.63, 3.8) is 0 Å². The second kappa shape index (κ2) is 10.3. The largest absolute Gasteiger partial charge is 0.385 e. The van der Waals surface area contributed by atoms with Gasteiger partial charge in [0, 0.05) is 42.5 Å². The minimum Gasteiger partial charge on any atom is -0.385 e. The van der Waals surface area contributed by atoms with E-state index >= 15 is 0 Å². The number of fused-ring (bicyclic) bond motifs is 1. The Morgan fingerprint density at radius 2 is 1.94 bits per heavy atom. The van der Waals surface area contributed by atoms with Gasteiger partial charge in [-0.15, -0.1) is 0 Å². The van der Waals surface area contributed by atoms with Gasteiger partial charge in [0.15, 0.2) is 0 Å². The molecule has 1 fully saturated rings. The van der Waals surface area contributed by atoms with Crippen LogP contribution < -0.4 is 16.0 Å². The SMILES string of the molecule is BC(C)(C)c1cn2c(n1)CCC=C2NC1CCC(NC(=O)c2cccc(NCC(C)C)c2)CC1. The average Bonchev–Trinajstić information content (AvgIpc) is 3.25. The molecule has 4 rings (SSSR count).